The zero-order chi connectivity index (χ0) is 53.4. The molecule has 0 nitrogen and oxygen atoms in total. The van der Waals surface area contributed by atoms with Gasteiger partial charge in [-0.05, 0) is 0 Å². The van der Waals surface area contributed by atoms with E-state index < -0.39 is 36.8 Å². The van der Waals surface area contributed by atoms with Gasteiger partial charge in [-0.1, -0.05) is 206 Å². The maximum atomic E-state index is 2.59. The molecule has 0 unspecified atom stereocenters. The minimum atomic E-state index is -2.16. The summed E-state index contributed by atoms with van der Waals surface area (Å²) in [6.07, 6.45) is 63.4. The Bertz CT molecular complexity index is 2180. The van der Waals surface area contributed by atoms with Crippen LogP contribution < -0.4 is 5.79 Å². The summed E-state index contributed by atoms with van der Waals surface area (Å²) in [5.74, 6) is 0. The molecule has 5 heterocycles. The van der Waals surface area contributed by atoms with Gasteiger partial charge in [0, 0.05) is 0 Å². The normalized spacial score (nSPS) is 12.5. The van der Waals surface area contributed by atoms with Crippen molar-refractivity contribution in [1.82, 2.24) is 0 Å². The molecule has 426 valence electrons. The number of thiophene rings is 5. The Balaban J connectivity index is 1.02. The molecule has 0 aliphatic carbocycles. The number of aryl methyl sites for hydroxylation is 2. The van der Waals surface area contributed by atoms with Gasteiger partial charge in [-0.15, -0.1) is 0 Å². The first-order valence-electron chi connectivity index (χ1n) is 32.7. The molecule has 7 heteroatoms. The van der Waals surface area contributed by atoms with Crippen molar-refractivity contribution in [3.05, 3.63) is 35.4 Å². The third-order valence-corrected chi connectivity index (χ3v) is 42.2. The van der Waals surface area contributed by atoms with Crippen molar-refractivity contribution >= 4 is 118 Å². The van der Waals surface area contributed by atoms with Crippen molar-refractivity contribution in [3.8, 4) is 19.5 Å². The van der Waals surface area contributed by atoms with E-state index in [2.05, 4.69) is 124 Å². The van der Waals surface area contributed by atoms with Crippen LogP contribution in [0.4, 0.5) is 0 Å². The fourth-order valence-electron chi connectivity index (χ4n) is 11.6. The molecule has 0 saturated heterocycles. The number of hydrogen-bond acceptors (Lipinski definition) is 5. The van der Waals surface area contributed by atoms with Crippen LogP contribution >= 0.6 is 56.7 Å². The van der Waals surface area contributed by atoms with Gasteiger partial charge >= 0.3 is 292 Å². The molecule has 0 fully saturated rings. The Morgan fingerprint density at radius 2 is 0.480 bits per heavy atom. The van der Waals surface area contributed by atoms with Crippen molar-refractivity contribution in [2.75, 3.05) is 0 Å². The molecule has 0 aliphatic heterocycles. The van der Waals surface area contributed by atoms with Crippen LogP contribution in [0.25, 0.3) is 38.3 Å². The molecule has 0 bridgehead atoms. The SMILES string of the molecule is CCCCCCCCCCCCCCCCCCCCCCCCCCCCCCCc1c(-c2cc[c]([Sn]([CH3])([CH3])[CH3])s2)sc2c1sc1c(CCCCCCCCCCCCCCC)c(-c3cc[c]([Sn]([CH3])([CH3])[CH3])s3)sc12. The Kier molecular flexibility index (Phi) is 34.7. The Hall–Kier alpha value is 0.617. The van der Waals surface area contributed by atoms with E-state index in [1.165, 1.54) is 283 Å². The number of rotatable bonds is 48. The molecule has 5 rings (SSSR count). The van der Waals surface area contributed by atoms with Crippen LogP contribution in [0.3, 0.4) is 0 Å². The molecular formula is C68H116S5Sn2. The number of hydrogen-bond donors (Lipinski definition) is 0. The summed E-state index contributed by atoms with van der Waals surface area (Å²) >= 11 is 6.56. The molecular weight excluding hydrogens is 1210 g/mol. The van der Waals surface area contributed by atoms with Crippen LogP contribution in [0.5, 0.6) is 0 Å². The van der Waals surface area contributed by atoms with Crippen molar-refractivity contribution in [3.63, 3.8) is 0 Å². The van der Waals surface area contributed by atoms with Crippen LogP contribution in [0.2, 0.25) is 29.6 Å². The summed E-state index contributed by atoms with van der Waals surface area (Å²) in [6.45, 7) is 4.64. The van der Waals surface area contributed by atoms with Crippen LogP contribution in [0.15, 0.2) is 24.3 Å². The van der Waals surface area contributed by atoms with Crippen LogP contribution in [0.1, 0.15) is 295 Å². The zero-order valence-corrected chi connectivity index (χ0v) is 60.3. The van der Waals surface area contributed by atoms with Gasteiger partial charge in [-0.25, -0.2) is 0 Å². The predicted molar refractivity (Wildman–Crippen MR) is 360 cm³/mol. The zero-order valence-electron chi connectivity index (χ0n) is 50.5. The fraction of sp³-hybridized carbons (Fsp3) is 0.765. The predicted octanol–water partition coefficient (Wildman–Crippen LogP) is 26.2. The summed E-state index contributed by atoms with van der Waals surface area (Å²) in [7, 11) is 0. The van der Waals surface area contributed by atoms with Gasteiger partial charge in [-0.2, -0.15) is 0 Å². The average Bonchev–Trinajstić information content (AvgIpc) is 4.24. The Labute approximate surface area is 493 Å². The maximum absolute atomic E-state index is 2.59. The van der Waals surface area contributed by atoms with Gasteiger partial charge < -0.3 is 0 Å². The van der Waals surface area contributed by atoms with Crippen molar-refractivity contribution in [2.24, 2.45) is 0 Å². The fourth-order valence-corrected chi connectivity index (χ4v) is 29.1. The van der Waals surface area contributed by atoms with E-state index in [9.17, 15) is 0 Å². The first kappa shape index (κ1) is 66.4. The van der Waals surface area contributed by atoms with Crippen molar-refractivity contribution in [2.45, 2.75) is 326 Å². The summed E-state index contributed by atoms with van der Waals surface area (Å²) in [5, 5.41) is 0. The molecule has 0 aromatic carbocycles. The van der Waals surface area contributed by atoms with Gasteiger partial charge in [0.1, 0.15) is 0 Å². The quantitative estimate of drug-likeness (QED) is 0.0269. The van der Waals surface area contributed by atoms with Crippen molar-refractivity contribution < 1.29 is 0 Å². The molecule has 0 N–H and O–H groups in total. The van der Waals surface area contributed by atoms with Crippen LogP contribution in [0, 0.1) is 0 Å². The van der Waals surface area contributed by atoms with E-state index in [-0.39, 0.29) is 0 Å². The average molecular weight is 1330 g/mol. The molecule has 5 aromatic rings. The summed E-state index contributed by atoms with van der Waals surface area (Å²) in [5.41, 5.74) is 3.41. The molecule has 5 aromatic heterocycles. The Morgan fingerprint density at radius 1 is 0.253 bits per heavy atom. The van der Waals surface area contributed by atoms with E-state index in [0.29, 0.717) is 0 Å². The number of fused-ring (bicyclic) bond motifs is 3. The summed E-state index contributed by atoms with van der Waals surface area (Å²) in [4.78, 5) is 21.9. The van der Waals surface area contributed by atoms with E-state index in [4.69, 9.17) is 0 Å². The third kappa shape index (κ3) is 25.3. The minimum absolute atomic E-state index is 1.25. The molecule has 0 spiro atoms. The van der Waals surface area contributed by atoms with Gasteiger partial charge in [0.05, 0.1) is 0 Å². The second-order valence-electron chi connectivity index (χ2n) is 25.7. The molecule has 0 atom stereocenters. The van der Waals surface area contributed by atoms with Gasteiger partial charge in [0.25, 0.3) is 0 Å². The van der Waals surface area contributed by atoms with Crippen LogP contribution in [-0.4, -0.2) is 36.8 Å². The molecule has 75 heavy (non-hydrogen) atoms. The number of unbranched alkanes of at least 4 members (excludes halogenated alkanes) is 40. The van der Waals surface area contributed by atoms with E-state index in [1.807, 2.05) is 0 Å². The van der Waals surface area contributed by atoms with E-state index >= 15 is 0 Å². The standard InChI is InChI=1S/C62H98S5.6CH3.2Sn/c1-3-5-7-9-11-13-15-17-18-19-20-21-22-23-24-25-26-27-28-29-30-31-32-34-36-38-40-42-44-48-54-58(56-50-46-52-64-56)66-62-60(54)67-59-53(57(65-61(59)62)55-49-45-51-63-55)47-43-41-39-37-35-33-16-14-12-10-8-6-4-2;;;;;;;;/h45-46,49-50H,3-44,47-48H2,1-2H3;6*1H3;;. The second-order valence-corrected chi connectivity index (χ2v) is 61.8. The van der Waals surface area contributed by atoms with Gasteiger partial charge in [0.2, 0.25) is 0 Å². The van der Waals surface area contributed by atoms with Gasteiger partial charge in [-0.3, -0.25) is 0 Å². The summed E-state index contributed by atoms with van der Waals surface area (Å²) in [6, 6.07) is 10.1. The summed E-state index contributed by atoms with van der Waals surface area (Å²) < 4.78 is 10.0. The molecule has 0 saturated carbocycles. The first-order chi connectivity index (χ1) is 36.5. The van der Waals surface area contributed by atoms with Gasteiger partial charge in [0.15, 0.2) is 0 Å². The van der Waals surface area contributed by atoms with Crippen molar-refractivity contribution in [1.29, 1.82) is 0 Å². The topological polar surface area (TPSA) is 0 Å². The van der Waals surface area contributed by atoms with E-state index in [0.717, 1.165) is 0 Å². The first-order valence-corrected chi connectivity index (χ1v) is 56.8. The third-order valence-electron chi connectivity index (χ3n) is 16.5. The van der Waals surface area contributed by atoms with E-state index in [1.54, 1.807) is 55.2 Å². The monoisotopic (exact) mass is 1330 g/mol. The Morgan fingerprint density at radius 3 is 0.693 bits per heavy atom. The molecule has 0 aliphatic rings. The van der Waals surface area contributed by atoms with Crippen LogP contribution in [-0.2, 0) is 12.8 Å². The second kappa shape index (κ2) is 39.2. The molecule has 0 radical (unpaired) electrons. The molecule has 0 amide bonds.